The summed E-state index contributed by atoms with van der Waals surface area (Å²) >= 11 is 0. The Labute approximate surface area is 83.9 Å². The van der Waals surface area contributed by atoms with Crippen molar-refractivity contribution >= 4 is 22.4 Å². The summed E-state index contributed by atoms with van der Waals surface area (Å²) in [6, 6.07) is 11.1. The van der Waals surface area contributed by atoms with Gasteiger partial charge in [0.05, 0.1) is 0 Å². The molecule has 0 aromatic heterocycles. The van der Waals surface area contributed by atoms with Crippen LogP contribution in [0.1, 0.15) is 23.6 Å². The average Bonchev–Trinajstić information content (AvgIpc) is 2.15. The first-order chi connectivity index (χ1) is 6.75. The van der Waals surface area contributed by atoms with Crippen LogP contribution in [0.3, 0.4) is 0 Å². The summed E-state index contributed by atoms with van der Waals surface area (Å²) in [4.78, 5) is 0. The van der Waals surface area contributed by atoms with E-state index in [9.17, 15) is 0 Å². The smallest absolute Gasteiger partial charge is 0.00758 e. The molecule has 0 atom stereocenters. The van der Waals surface area contributed by atoms with Crippen molar-refractivity contribution in [3.8, 4) is 0 Å². The monoisotopic (exact) mass is 180 g/mol. The van der Waals surface area contributed by atoms with Crippen LogP contribution in [0.2, 0.25) is 0 Å². The van der Waals surface area contributed by atoms with Gasteiger partial charge in [-0.15, -0.1) is 0 Å². The first kappa shape index (κ1) is 7.81. The molecule has 1 aliphatic rings. The molecule has 0 nitrogen and oxygen atoms in total. The number of hydrogen-bond acceptors (Lipinski definition) is 0. The Morgan fingerprint density at radius 1 is 0.929 bits per heavy atom. The zero-order chi connectivity index (χ0) is 9.71. The van der Waals surface area contributed by atoms with Crippen LogP contribution in [0, 0.1) is 6.92 Å². The fraction of sp³-hybridized carbons (Fsp3) is 0.143. The number of aryl methyl sites for hydroxylation is 1. The summed E-state index contributed by atoms with van der Waals surface area (Å²) in [6.07, 6.45) is 2.24. The molecule has 0 saturated carbocycles. The van der Waals surface area contributed by atoms with Gasteiger partial charge in [0.15, 0.2) is 0 Å². The molecule has 0 spiro atoms. The van der Waals surface area contributed by atoms with Crippen LogP contribution in [-0.2, 0) is 0 Å². The van der Waals surface area contributed by atoms with Gasteiger partial charge in [0.25, 0.3) is 0 Å². The van der Waals surface area contributed by atoms with Crippen molar-refractivity contribution in [1.29, 1.82) is 0 Å². The zero-order valence-electron chi connectivity index (χ0n) is 8.46. The second kappa shape index (κ2) is 2.48. The van der Waals surface area contributed by atoms with Gasteiger partial charge in [-0.3, -0.25) is 0 Å². The van der Waals surface area contributed by atoms with E-state index in [1.165, 1.54) is 33.0 Å². The van der Waals surface area contributed by atoms with E-state index in [0.717, 1.165) is 0 Å². The van der Waals surface area contributed by atoms with Crippen molar-refractivity contribution in [3.05, 3.63) is 47.0 Å². The molecular formula is C14H12. The Kier molecular flexibility index (Phi) is 1.38. The summed E-state index contributed by atoms with van der Waals surface area (Å²) in [5, 5.41) is 2.75. The van der Waals surface area contributed by atoms with E-state index in [-0.39, 0.29) is 0 Å². The first-order valence-electron chi connectivity index (χ1n) is 4.98. The lowest BCUT2D eigenvalue weighted by Crippen LogP contribution is -1.96. The van der Waals surface area contributed by atoms with Crippen molar-refractivity contribution in [2.45, 2.75) is 13.8 Å². The Hall–Kier alpha value is -1.56. The van der Waals surface area contributed by atoms with Gasteiger partial charge in [-0.05, 0) is 41.3 Å². The van der Waals surface area contributed by atoms with Crippen LogP contribution < -0.4 is 0 Å². The Morgan fingerprint density at radius 3 is 2.57 bits per heavy atom. The first-order valence-corrected chi connectivity index (χ1v) is 4.98. The number of rotatable bonds is 0. The molecule has 0 unspecified atom stereocenters. The molecule has 14 heavy (non-hydrogen) atoms. The second-order valence-corrected chi connectivity index (χ2v) is 4.08. The van der Waals surface area contributed by atoms with Crippen molar-refractivity contribution in [2.75, 3.05) is 0 Å². The van der Waals surface area contributed by atoms with Crippen molar-refractivity contribution in [1.82, 2.24) is 0 Å². The van der Waals surface area contributed by atoms with Crippen LogP contribution in [0.25, 0.3) is 22.4 Å². The molecule has 0 amide bonds. The highest BCUT2D eigenvalue weighted by molar-refractivity contribution is 6.07. The molecular weight excluding hydrogens is 168 g/mol. The maximum Gasteiger partial charge on any atom is -0.00758 e. The molecule has 0 heterocycles. The highest BCUT2D eigenvalue weighted by Gasteiger charge is 2.14. The van der Waals surface area contributed by atoms with Gasteiger partial charge in [-0.25, -0.2) is 0 Å². The molecule has 0 N–H and O–H groups in total. The minimum Gasteiger partial charge on any atom is -0.0587 e. The molecule has 0 aliphatic heterocycles. The number of fused-ring (bicyclic) bond motifs is 3. The number of hydrogen-bond donors (Lipinski definition) is 0. The lowest BCUT2D eigenvalue weighted by atomic mass is 9.85. The quantitative estimate of drug-likeness (QED) is 0.574. The third kappa shape index (κ3) is 0.884. The van der Waals surface area contributed by atoms with E-state index in [0.29, 0.717) is 0 Å². The van der Waals surface area contributed by atoms with E-state index in [2.05, 4.69) is 50.3 Å². The maximum atomic E-state index is 2.25. The molecule has 0 fully saturated rings. The third-order valence-electron chi connectivity index (χ3n) is 2.97. The van der Waals surface area contributed by atoms with Crippen molar-refractivity contribution < 1.29 is 0 Å². The topological polar surface area (TPSA) is 0 Å². The van der Waals surface area contributed by atoms with Gasteiger partial charge in [0.2, 0.25) is 0 Å². The summed E-state index contributed by atoms with van der Waals surface area (Å²) in [5.74, 6) is 0. The van der Waals surface area contributed by atoms with Gasteiger partial charge in [-0.1, -0.05) is 42.0 Å². The molecule has 0 saturated heterocycles. The highest BCUT2D eigenvalue weighted by Crippen LogP contribution is 2.37. The SMILES string of the molecule is CC1=Cc2ccc3cc(C)ccc3c21. The predicted molar refractivity (Wildman–Crippen MR) is 62.2 cm³/mol. The summed E-state index contributed by atoms with van der Waals surface area (Å²) in [6.45, 7) is 4.32. The lowest BCUT2D eigenvalue weighted by Gasteiger charge is -2.19. The molecule has 2 aromatic rings. The van der Waals surface area contributed by atoms with Crippen molar-refractivity contribution in [3.63, 3.8) is 0 Å². The minimum atomic E-state index is 1.33. The second-order valence-electron chi connectivity index (χ2n) is 4.08. The molecule has 0 bridgehead atoms. The average molecular weight is 180 g/mol. The van der Waals surface area contributed by atoms with E-state index >= 15 is 0 Å². The lowest BCUT2D eigenvalue weighted by molar-refractivity contribution is 1.48. The molecule has 0 radical (unpaired) electrons. The van der Waals surface area contributed by atoms with Crippen LogP contribution in [0.4, 0.5) is 0 Å². The van der Waals surface area contributed by atoms with Gasteiger partial charge in [-0.2, -0.15) is 0 Å². The van der Waals surface area contributed by atoms with Gasteiger partial charge >= 0.3 is 0 Å². The third-order valence-corrected chi connectivity index (χ3v) is 2.97. The predicted octanol–water partition coefficient (Wildman–Crippen LogP) is 4.02. The van der Waals surface area contributed by atoms with Crippen LogP contribution in [0.15, 0.2) is 30.3 Å². The summed E-state index contributed by atoms with van der Waals surface area (Å²) in [7, 11) is 0. The Morgan fingerprint density at radius 2 is 1.79 bits per heavy atom. The fourth-order valence-electron chi connectivity index (χ4n) is 2.25. The molecule has 1 aliphatic carbocycles. The van der Waals surface area contributed by atoms with Crippen LogP contribution >= 0.6 is 0 Å². The molecule has 0 heteroatoms. The van der Waals surface area contributed by atoms with Crippen LogP contribution in [0.5, 0.6) is 0 Å². The standard InChI is InChI=1S/C14H12/c1-9-3-6-13-11(7-9)4-5-12-8-10(2)14(12)13/h3-8H,1-2H3. The zero-order valence-corrected chi connectivity index (χ0v) is 8.46. The minimum absolute atomic E-state index is 1.33. The highest BCUT2D eigenvalue weighted by atomic mass is 14.2. The van der Waals surface area contributed by atoms with E-state index < -0.39 is 0 Å². The van der Waals surface area contributed by atoms with E-state index in [1.807, 2.05) is 0 Å². The summed E-state index contributed by atoms with van der Waals surface area (Å²) in [5.41, 5.74) is 5.58. The van der Waals surface area contributed by atoms with Crippen LogP contribution in [-0.4, -0.2) is 0 Å². The van der Waals surface area contributed by atoms with Gasteiger partial charge in [0.1, 0.15) is 0 Å². The van der Waals surface area contributed by atoms with E-state index in [1.54, 1.807) is 0 Å². The largest absolute Gasteiger partial charge is 0.0587 e. The van der Waals surface area contributed by atoms with Gasteiger partial charge < -0.3 is 0 Å². The molecule has 3 rings (SSSR count). The molecule has 2 aromatic carbocycles. The number of benzene rings is 2. The number of allylic oxidation sites excluding steroid dienone is 1. The maximum absolute atomic E-state index is 2.25. The Balaban J connectivity index is 2.42. The molecule has 68 valence electrons. The normalized spacial score (nSPS) is 13.4. The van der Waals surface area contributed by atoms with Crippen molar-refractivity contribution in [2.24, 2.45) is 0 Å². The van der Waals surface area contributed by atoms with Gasteiger partial charge in [0, 0.05) is 0 Å². The Bertz CT molecular complexity index is 560. The summed E-state index contributed by atoms with van der Waals surface area (Å²) < 4.78 is 0. The van der Waals surface area contributed by atoms with E-state index in [4.69, 9.17) is 0 Å². The fourth-order valence-corrected chi connectivity index (χ4v) is 2.25.